The van der Waals surface area contributed by atoms with Crippen LogP contribution in [0.25, 0.3) is 0 Å². The van der Waals surface area contributed by atoms with E-state index < -0.39 is 0 Å². The van der Waals surface area contributed by atoms with Gasteiger partial charge in [-0.3, -0.25) is 4.79 Å². The maximum atomic E-state index is 11.6. The lowest BCUT2D eigenvalue weighted by Crippen LogP contribution is -2.32. The minimum atomic E-state index is -0.308. The summed E-state index contributed by atoms with van der Waals surface area (Å²) in [7, 11) is 0. The van der Waals surface area contributed by atoms with Gasteiger partial charge in [-0.25, -0.2) is 4.79 Å². The van der Waals surface area contributed by atoms with Gasteiger partial charge in [0, 0.05) is 5.57 Å². The quantitative estimate of drug-likeness (QED) is 0.459. The molecule has 1 aliphatic heterocycles. The summed E-state index contributed by atoms with van der Waals surface area (Å²) < 4.78 is 5.21. The molecule has 5 nitrogen and oxygen atoms in total. The molecular formula is C15H22N2O3S. The van der Waals surface area contributed by atoms with Crippen molar-refractivity contribution in [3.8, 4) is 0 Å². The van der Waals surface area contributed by atoms with Crippen LogP contribution in [0.4, 0.5) is 0 Å². The van der Waals surface area contributed by atoms with Gasteiger partial charge in [0.15, 0.2) is 5.11 Å². The fourth-order valence-corrected chi connectivity index (χ4v) is 3.15. The highest BCUT2D eigenvalue weighted by Gasteiger charge is 2.31. The first-order valence-corrected chi connectivity index (χ1v) is 7.80. The van der Waals surface area contributed by atoms with Crippen LogP contribution in [0.1, 0.15) is 39.0 Å². The van der Waals surface area contributed by atoms with Crippen molar-refractivity contribution < 1.29 is 14.3 Å². The fourth-order valence-electron chi connectivity index (χ4n) is 2.91. The van der Waals surface area contributed by atoms with Crippen LogP contribution in [0.15, 0.2) is 12.2 Å². The molecule has 6 heteroatoms. The van der Waals surface area contributed by atoms with E-state index in [0.717, 1.165) is 32.1 Å². The molecule has 0 spiro atoms. The Morgan fingerprint density at radius 2 is 1.95 bits per heavy atom. The first-order chi connectivity index (χ1) is 9.95. The molecule has 1 atom stereocenters. The van der Waals surface area contributed by atoms with Gasteiger partial charge >= 0.3 is 5.97 Å². The highest BCUT2D eigenvalue weighted by molar-refractivity contribution is 7.80. The van der Waals surface area contributed by atoms with Crippen molar-refractivity contribution in [2.24, 2.45) is 11.8 Å². The van der Waals surface area contributed by atoms with Crippen LogP contribution in [-0.2, 0) is 14.3 Å². The minimum Gasteiger partial charge on any atom is -0.462 e. The fraction of sp³-hybridized carbons (Fsp3) is 0.667. The molecule has 2 rings (SSSR count). The van der Waals surface area contributed by atoms with E-state index in [1.54, 1.807) is 6.92 Å². The molecule has 1 amide bonds. The lowest BCUT2D eigenvalue weighted by atomic mass is 9.79. The number of amides is 1. The topological polar surface area (TPSA) is 67.4 Å². The summed E-state index contributed by atoms with van der Waals surface area (Å²) in [4.78, 5) is 23.0. The molecule has 0 radical (unpaired) electrons. The maximum Gasteiger partial charge on any atom is 0.333 e. The average Bonchev–Trinajstić information content (AvgIpc) is 2.75. The van der Waals surface area contributed by atoms with E-state index in [2.05, 4.69) is 17.2 Å². The zero-order chi connectivity index (χ0) is 15.4. The molecule has 2 N–H and O–H groups in total. The van der Waals surface area contributed by atoms with Gasteiger partial charge in [0.05, 0.1) is 6.61 Å². The zero-order valence-electron chi connectivity index (χ0n) is 12.3. The molecule has 1 aliphatic carbocycles. The Kier molecular flexibility index (Phi) is 5.33. The van der Waals surface area contributed by atoms with Gasteiger partial charge in [-0.2, -0.15) is 0 Å². The molecule has 21 heavy (non-hydrogen) atoms. The summed E-state index contributed by atoms with van der Waals surface area (Å²) in [5, 5.41) is 6.07. The van der Waals surface area contributed by atoms with E-state index in [-0.39, 0.29) is 17.9 Å². The number of esters is 1. The number of carbonyl (C=O) groups is 2. The standard InChI is InChI=1S/C15H22N2O3S/c1-9(2)14(19)20-8-11-5-3-10(4-6-11)7-12-13(18)17-15(21)16-12/h10-12H,1,3-8H2,2H3,(H2,16,17,18,21). The predicted octanol–water partition coefficient (Wildman–Crippen LogP) is 1.68. The van der Waals surface area contributed by atoms with Crippen LogP contribution >= 0.6 is 12.2 Å². The number of thiocarbonyl (C=S) groups is 1. The summed E-state index contributed by atoms with van der Waals surface area (Å²) >= 11 is 4.94. The third kappa shape index (κ3) is 4.52. The first-order valence-electron chi connectivity index (χ1n) is 7.39. The molecule has 1 saturated carbocycles. The molecule has 0 aromatic heterocycles. The molecule has 1 saturated heterocycles. The summed E-state index contributed by atoms with van der Waals surface area (Å²) in [5.41, 5.74) is 0.443. The van der Waals surface area contributed by atoms with E-state index in [1.165, 1.54) is 0 Å². The number of ether oxygens (including phenoxy) is 1. The molecule has 2 aliphatic rings. The second-order valence-corrected chi connectivity index (χ2v) is 6.42. The van der Waals surface area contributed by atoms with Gasteiger partial charge in [-0.05, 0) is 63.1 Å². The monoisotopic (exact) mass is 310 g/mol. The summed E-state index contributed by atoms with van der Waals surface area (Å²) in [6, 6.07) is -0.180. The Balaban J connectivity index is 1.69. The van der Waals surface area contributed by atoms with E-state index in [4.69, 9.17) is 17.0 Å². The van der Waals surface area contributed by atoms with Crippen LogP contribution in [0.3, 0.4) is 0 Å². The van der Waals surface area contributed by atoms with Crippen molar-refractivity contribution in [3.63, 3.8) is 0 Å². The predicted molar refractivity (Wildman–Crippen MR) is 83.5 cm³/mol. The largest absolute Gasteiger partial charge is 0.462 e. The van der Waals surface area contributed by atoms with E-state index in [0.29, 0.717) is 29.1 Å². The molecule has 2 fully saturated rings. The van der Waals surface area contributed by atoms with E-state index in [9.17, 15) is 9.59 Å². The lowest BCUT2D eigenvalue weighted by Gasteiger charge is -2.29. The maximum absolute atomic E-state index is 11.6. The highest BCUT2D eigenvalue weighted by Crippen LogP contribution is 2.32. The number of rotatable bonds is 5. The van der Waals surface area contributed by atoms with Crippen LogP contribution in [0, 0.1) is 11.8 Å². The number of hydrogen-bond acceptors (Lipinski definition) is 4. The summed E-state index contributed by atoms with van der Waals surface area (Å²) in [5.74, 6) is 0.633. The van der Waals surface area contributed by atoms with Crippen molar-refractivity contribution in [3.05, 3.63) is 12.2 Å². The van der Waals surface area contributed by atoms with Gasteiger partial charge in [-0.1, -0.05) is 6.58 Å². The second-order valence-electron chi connectivity index (χ2n) is 6.02. The van der Waals surface area contributed by atoms with Gasteiger partial charge in [-0.15, -0.1) is 0 Å². The number of nitrogens with one attached hydrogen (secondary N) is 2. The van der Waals surface area contributed by atoms with Crippen LogP contribution in [0.5, 0.6) is 0 Å². The molecule has 0 aromatic carbocycles. The number of hydrogen-bond donors (Lipinski definition) is 2. The first kappa shape index (κ1) is 15.9. The molecular weight excluding hydrogens is 288 g/mol. The molecule has 1 unspecified atom stereocenters. The lowest BCUT2D eigenvalue weighted by molar-refractivity contribution is -0.140. The summed E-state index contributed by atoms with van der Waals surface area (Å²) in [6.07, 6.45) is 5.02. The third-order valence-electron chi connectivity index (χ3n) is 4.19. The Bertz CT molecular complexity index is 456. The van der Waals surface area contributed by atoms with Crippen molar-refractivity contribution in [2.45, 2.75) is 45.1 Å². The third-order valence-corrected chi connectivity index (χ3v) is 4.41. The zero-order valence-corrected chi connectivity index (χ0v) is 13.1. The summed E-state index contributed by atoms with van der Waals surface area (Å²) in [6.45, 7) is 5.70. The number of carbonyl (C=O) groups excluding carboxylic acids is 2. The van der Waals surface area contributed by atoms with Crippen molar-refractivity contribution in [2.75, 3.05) is 6.61 Å². The van der Waals surface area contributed by atoms with Crippen LogP contribution in [-0.4, -0.2) is 29.6 Å². The van der Waals surface area contributed by atoms with Gasteiger partial charge in [0.2, 0.25) is 5.91 Å². The average molecular weight is 310 g/mol. The van der Waals surface area contributed by atoms with Crippen molar-refractivity contribution in [1.29, 1.82) is 0 Å². The Morgan fingerprint density at radius 3 is 2.48 bits per heavy atom. The second kappa shape index (κ2) is 7.02. The Hall–Kier alpha value is -1.43. The normalized spacial score (nSPS) is 28.7. The molecule has 0 bridgehead atoms. The SMILES string of the molecule is C=C(C)C(=O)OCC1CCC(CC2NC(=S)NC2=O)CC1. The van der Waals surface area contributed by atoms with Gasteiger partial charge in [0.25, 0.3) is 0 Å². The highest BCUT2D eigenvalue weighted by atomic mass is 32.1. The van der Waals surface area contributed by atoms with Crippen LogP contribution < -0.4 is 10.6 Å². The smallest absolute Gasteiger partial charge is 0.333 e. The van der Waals surface area contributed by atoms with E-state index >= 15 is 0 Å². The molecule has 116 valence electrons. The van der Waals surface area contributed by atoms with Crippen LogP contribution in [0.2, 0.25) is 0 Å². The Morgan fingerprint density at radius 1 is 1.33 bits per heavy atom. The molecule has 0 aromatic rings. The van der Waals surface area contributed by atoms with E-state index in [1.807, 2.05) is 0 Å². The Labute approximate surface area is 130 Å². The van der Waals surface area contributed by atoms with Crippen molar-refractivity contribution >= 4 is 29.2 Å². The molecule has 1 heterocycles. The minimum absolute atomic E-state index is 0.0162. The van der Waals surface area contributed by atoms with Gasteiger partial charge in [0.1, 0.15) is 6.04 Å². The van der Waals surface area contributed by atoms with Crippen molar-refractivity contribution in [1.82, 2.24) is 10.6 Å². The van der Waals surface area contributed by atoms with Gasteiger partial charge < -0.3 is 15.4 Å².